The van der Waals surface area contributed by atoms with Gasteiger partial charge in [0.15, 0.2) is 0 Å². The topological polar surface area (TPSA) is 116 Å². The smallest absolute Gasteiger partial charge is 0.335 e. The normalized spacial score (nSPS) is 15.0. The van der Waals surface area contributed by atoms with E-state index in [4.69, 9.17) is 10.8 Å². The Balaban J connectivity index is 2.34. The van der Waals surface area contributed by atoms with Crippen LogP contribution in [0, 0.1) is 0 Å². The van der Waals surface area contributed by atoms with E-state index in [0.717, 1.165) is 31.0 Å². The Labute approximate surface area is 144 Å². The number of aliphatic hydroxyl groups excluding tert-OH is 1. The summed E-state index contributed by atoms with van der Waals surface area (Å²) >= 11 is 0. The highest BCUT2D eigenvalue weighted by molar-refractivity contribution is 7.51. The molecule has 0 aliphatic rings. The summed E-state index contributed by atoms with van der Waals surface area (Å²) in [6.45, 7) is 2.96. The summed E-state index contributed by atoms with van der Waals surface area (Å²) in [7, 11) is -1.14. The quantitative estimate of drug-likeness (QED) is 0.289. The van der Waals surface area contributed by atoms with Gasteiger partial charge >= 0.3 is 5.97 Å². The van der Waals surface area contributed by atoms with Crippen LogP contribution in [0.4, 0.5) is 0 Å². The summed E-state index contributed by atoms with van der Waals surface area (Å²) in [6.07, 6.45) is 3.45. The highest BCUT2D eigenvalue weighted by Crippen LogP contribution is 2.32. The molecule has 6 nitrogen and oxygen atoms in total. The summed E-state index contributed by atoms with van der Waals surface area (Å²) < 4.78 is 0. The van der Waals surface area contributed by atoms with Crippen LogP contribution in [0.2, 0.25) is 0 Å². The predicted octanol–water partition coefficient (Wildman–Crippen LogP) is 1.91. The third-order valence-electron chi connectivity index (χ3n) is 3.84. The van der Waals surface area contributed by atoms with E-state index in [9.17, 15) is 14.8 Å². The molecular formula is C17H29N2O4P. The number of rotatable bonds is 12. The van der Waals surface area contributed by atoms with Gasteiger partial charge in [0.2, 0.25) is 0 Å². The largest absolute Gasteiger partial charge is 0.478 e. The summed E-state index contributed by atoms with van der Waals surface area (Å²) in [6, 6.07) is 6.67. The number of unbranched alkanes of at least 4 members (excludes halogenated alkanes) is 2. The zero-order valence-corrected chi connectivity index (χ0v) is 15.1. The first kappa shape index (κ1) is 21.0. The summed E-state index contributed by atoms with van der Waals surface area (Å²) in [5, 5.41) is 22.2. The molecule has 0 fully saturated rings. The van der Waals surface area contributed by atoms with Gasteiger partial charge in [0.25, 0.3) is 0 Å². The highest BCUT2D eigenvalue weighted by Gasteiger charge is 2.14. The van der Waals surface area contributed by atoms with Gasteiger partial charge in [-0.2, -0.15) is 0 Å². The lowest BCUT2D eigenvalue weighted by atomic mass is 10.1. The number of nitrogens with two attached hydrogens (primary N) is 1. The molecule has 0 aromatic heterocycles. The van der Waals surface area contributed by atoms with Crippen LogP contribution in [0.1, 0.15) is 48.1 Å². The van der Waals surface area contributed by atoms with Gasteiger partial charge in [0, 0.05) is 26.9 Å². The second kappa shape index (κ2) is 11.5. The molecule has 0 amide bonds. The van der Waals surface area contributed by atoms with Crippen molar-refractivity contribution >= 4 is 14.1 Å². The van der Waals surface area contributed by atoms with E-state index in [2.05, 4.69) is 5.32 Å². The number of aliphatic hydroxyl groups is 1. The van der Waals surface area contributed by atoms with Crippen molar-refractivity contribution in [3.8, 4) is 0 Å². The number of carboxylic acids is 1. The van der Waals surface area contributed by atoms with Crippen LogP contribution >= 0.6 is 8.15 Å². The van der Waals surface area contributed by atoms with Crippen LogP contribution < -0.4 is 11.1 Å². The van der Waals surface area contributed by atoms with Gasteiger partial charge in [0.1, 0.15) is 0 Å². The lowest BCUT2D eigenvalue weighted by molar-refractivity contribution is 0.0696. The van der Waals surface area contributed by atoms with E-state index >= 15 is 0 Å². The molecule has 3 atom stereocenters. The molecule has 24 heavy (non-hydrogen) atoms. The van der Waals surface area contributed by atoms with Crippen molar-refractivity contribution in [2.45, 2.75) is 38.3 Å². The fourth-order valence-corrected chi connectivity index (χ4v) is 3.77. The minimum atomic E-state index is -1.14. The molecule has 0 bridgehead atoms. The molecule has 0 radical (unpaired) electrons. The Morgan fingerprint density at radius 2 is 2.08 bits per heavy atom. The van der Waals surface area contributed by atoms with Crippen LogP contribution in [-0.2, 0) is 0 Å². The lowest BCUT2D eigenvalue weighted by Crippen LogP contribution is -2.31. The molecule has 0 spiro atoms. The van der Waals surface area contributed by atoms with Gasteiger partial charge < -0.3 is 26.2 Å². The second-order valence-corrected chi connectivity index (χ2v) is 7.80. The molecule has 6 N–H and O–H groups in total. The van der Waals surface area contributed by atoms with Crippen LogP contribution in [-0.4, -0.2) is 52.6 Å². The summed E-state index contributed by atoms with van der Waals surface area (Å²) in [5.74, 6) is -0.954. The number of carbonyl (C=O) groups is 1. The molecular weight excluding hydrogens is 327 g/mol. The van der Waals surface area contributed by atoms with Crippen molar-refractivity contribution in [3.05, 3.63) is 35.4 Å². The van der Waals surface area contributed by atoms with Crippen LogP contribution in [0.3, 0.4) is 0 Å². The molecule has 0 aliphatic heterocycles. The first-order valence-corrected chi connectivity index (χ1v) is 9.99. The Kier molecular flexibility index (Phi) is 10.1. The Bertz CT molecular complexity index is 501. The highest BCUT2D eigenvalue weighted by atomic mass is 31.1. The Morgan fingerprint density at radius 3 is 2.75 bits per heavy atom. The van der Waals surface area contributed by atoms with Gasteiger partial charge in [-0.25, -0.2) is 4.79 Å². The maximum Gasteiger partial charge on any atom is 0.335 e. The number of benzene rings is 1. The maximum atomic E-state index is 11.0. The zero-order valence-electron chi connectivity index (χ0n) is 14.2. The van der Waals surface area contributed by atoms with Crippen LogP contribution in [0.15, 0.2) is 24.3 Å². The number of hydrogen-bond donors (Lipinski definition) is 5. The first-order chi connectivity index (χ1) is 11.4. The van der Waals surface area contributed by atoms with E-state index < -0.39 is 20.2 Å². The SMILES string of the molecule is CC(NCC(O)CP(O)CCCCCN)c1cccc(C(=O)O)c1. The van der Waals surface area contributed by atoms with E-state index in [0.29, 0.717) is 19.3 Å². The van der Waals surface area contributed by atoms with Crippen molar-refractivity contribution in [2.75, 3.05) is 25.4 Å². The minimum Gasteiger partial charge on any atom is -0.478 e. The Morgan fingerprint density at radius 1 is 1.33 bits per heavy atom. The van der Waals surface area contributed by atoms with Gasteiger partial charge in [-0.15, -0.1) is 0 Å². The average molecular weight is 356 g/mol. The molecule has 0 heterocycles. The minimum absolute atomic E-state index is 0.0755. The third kappa shape index (κ3) is 8.18. The number of carboxylic acid groups (broad SMARTS) is 1. The molecule has 1 aromatic rings. The van der Waals surface area contributed by atoms with Crippen molar-refractivity contribution in [2.24, 2.45) is 5.73 Å². The molecule has 7 heteroatoms. The van der Waals surface area contributed by atoms with E-state index in [1.54, 1.807) is 18.2 Å². The van der Waals surface area contributed by atoms with Gasteiger partial charge in [-0.3, -0.25) is 0 Å². The molecule has 1 rings (SSSR count). The molecule has 0 saturated heterocycles. The fourth-order valence-electron chi connectivity index (χ4n) is 2.39. The average Bonchev–Trinajstić information content (AvgIpc) is 2.56. The predicted molar refractivity (Wildman–Crippen MR) is 97.6 cm³/mol. The number of hydrogen-bond acceptors (Lipinski definition) is 5. The molecule has 3 unspecified atom stereocenters. The van der Waals surface area contributed by atoms with Gasteiger partial charge in [0.05, 0.1) is 11.7 Å². The molecule has 0 saturated carbocycles. The van der Waals surface area contributed by atoms with Gasteiger partial charge in [-0.05, 0) is 50.2 Å². The van der Waals surface area contributed by atoms with Crippen molar-refractivity contribution in [1.82, 2.24) is 5.32 Å². The van der Waals surface area contributed by atoms with E-state index in [-0.39, 0.29) is 11.6 Å². The number of nitrogens with one attached hydrogen (secondary N) is 1. The van der Waals surface area contributed by atoms with E-state index in [1.807, 2.05) is 13.0 Å². The lowest BCUT2D eigenvalue weighted by Gasteiger charge is -2.20. The molecule has 0 aliphatic carbocycles. The number of aromatic carboxylic acids is 1. The second-order valence-electron chi connectivity index (χ2n) is 5.98. The standard InChI is InChI=1S/C17H29N2O4P/c1-13(14-6-5-7-15(10-14)17(21)22)19-11-16(20)12-24(23)9-4-2-3-8-18/h5-7,10,13,16,19-20,23H,2-4,8-9,11-12,18H2,1H3,(H,21,22). The maximum absolute atomic E-state index is 11.0. The first-order valence-electron chi connectivity index (χ1n) is 8.32. The van der Waals surface area contributed by atoms with Crippen molar-refractivity contribution in [1.29, 1.82) is 0 Å². The van der Waals surface area contributed by atoms with Gasteiger partial charge in [-0.1, -0.05) is 18.6 Å². The monoisotopic (exact) mass is 356 g/mol. The van der Waals surface area contributed by atoms with E-state index in [1.165, 1.54) is 0 Å². The molecule has 136 valence electrons. The molecule has 1 aromatic carbocycles. The zero-order chi connectivity index (χ0) is 17.9. The Hall–Kier alpha value is -1.04. The van der Waals surface area contributed by atoms with Crippen LogP contribution in [0.25, 0.3) is 0 Å². The summed E-state index contributed by atoms with van der Waals surface area (Å²) in [4.78, 5) is 21.0. The third-order valence-corrected chi connectivity index (χ3v) is 5.51. The fraction of sp³-hybridized carbons (Fsp3) is 0.588. The van der Waals surface area contributed by atoms with Crippen LogP contribution in [0.5, 0.6) is 0 Å². The van der Waals surface area contributed by atoms with Crippen molar-refractivity contribution < 1.29 is 19.9 Å². The summed E-state index contributed by atoms with van der Waals surface area (Å²) in [5.41, 5.74) is 6.53. The van der Waals surface area contributed by atoms with Crippen molar-refractivity contribution in [3.63, 3.8) is 0 Å².